The second kappa shape index (κ2) is 7.42. The summed E-state index contributed by atoms with van der Waals surface area (Å²) in [6, 6.07) is 9.20. The lowest BCUT2D eigenvalue weighted by atomic mass is 9.84. The summed E-state index contributed by atoms with van der Waals surface area (Å²) >= 11 is 0. The van der Waals surface area contributed by atoms with Gasteiger partial charge in [-0.15, -0.1) is 0 Å². The Morgan fingerprint density at radius 1 is 1.32 bits per heavy atom. The highest BCUT2D eigenvalue weighted by molar-refractivity contribution is 5.81. The number of carbonyl (C=O) groups is 2. The van der Waals surface area contributed by atoms with Gasteiger partial charge in [-0.2, -0.15) is 0 Å². The van der Waals surface area contributed by atoms with Crippen molar-refractivity contribution < 1.29 is 19.1 Å². The topological polar surface area (TPSA) is 70.5 Å². The van der Waals surface area contributed by atoms with E-state index in [1.165, 1.54) is 12.1 Å². The van der Waals surface area contributed by atoms with Gasteiger partial charge in [0.1, 0.15) is 5.82 Å². The maximum absolute atomic E-state index is 13.4. The van der Waals surface area contributed by atoms with Crippen LogP contribution in [0.1, 0.15) is 30.0 Å². The first-order chi connectivity index (χ1) is 12.1. The Morgan fingerprint density at radius 2 is 2.16 bits per heavy atom. The SMILES string of the molecule is O=C(O)[C@@H]1CCC(=O)N(CCc2cccc(F)c2)[C@@H]1c1cccnc1. The second-order valence-corrected chi connectivity index (χ2v) is 6.18. The first kappa shape index (κ1) is 17.1. The van der Waals surface area contributed by atoms with E-state index in [2.05, 4.69) is 4.98 Å². The van der Waals surface area contributed by atoms with E-state index in [0.29, 0.717) is 24.9 Å². The Balaban J connectivity index is 1.86. The monoisotopic (exact) mass is 342 g/mol. The number of pyridine rings is 1. The van der Waals surface area contributed by atoms with Gasteiger partial charge in [0.05, 0.1) is 12.0 Å². The van der Waals surface area contributed by atoms with Crippen LogP contribution in [-0.4, -0.2) is 33.4 Å². The molecule has 1 aromatic heterocycles. The minimum atomic E-state index is -0.919. The van der Waals surface area contributed by atoms with Gasteiger partial charge < -0.3 is 10.0 Å². The van der Waals surface area contributed by atoms with Gasteiger partial charge in [0.25, 0.3) is 0 Å². The molecule has 1 N–H and O–H groups in total. The number of aromatic nitrogens is 1. The molecule has 0 aliphatic carbocycles. The van der Waals surface area contributed by atoms with Gasteiger partial charge >= 0.3 is 5.97 Å². The predicted octanol–water partition coefficient (Wildman–Crippen LogP) is 2.83. The number of carboxylic acid groups (broad SMARTS) is 1. The van der Waals surface area contributed by atoms with Gasteiger partial charge in [-0.25, -0.2) is 4.39 Å². The molecule has 1 fully saturated rings. The Kier molecular flexibility index (Phi) is 5.07. The zero-order valence-corrected chi connectivity index (χ0v) is 13.6. The van der Waals surface area contributed by atoms with Crippen molar-refractivity contribution in [1.29, 1.82) is 0 Å². The molecule has 2 aromatic rings. The van der Waals surface area contributed by atoms with Crippen LogP contribution in [0.25, 0.3) is 0 Å². The molecular weight excluding hydrogens is 323 g/mol. The molecule has 1 saturated heterocycles. The van der Waals surface area contributed by atoms with Crippen LogP contribution in [-0.2, 0) is 16.0 Å². The van der Waals surface area contributed by atoms with Crippen LogP contribution in [0.2, 0.25) is 0 Å². The van der Waals surface area contributed by atoms with Crippen LogP contribution >= 0.6 is 0 Å². The van der Waals surface area contributed by atoms with Gasteiger partial charge in [-0.05, 0) is 42.2 Å². The van der Waals surface area contributed by atoms with E-state index < -0.39 is 17.9 Å². The minimum Gasteiger partial charge on any atom is -0.481 e. The Bertz CT molecular complexity index is 766. The number of hydrogen-bond acceptors (Lipinski definition) is 3. The summed E-state index contributed by atoms with van der Waals surface area (Å²) in [6.45, 7) is 0.339. The van der Waals surface area contributed by atoms with Gasteiger partial charge in [-0.1, -0.05) is 18.2 Å². The molecule has 5 nitrogen and oxygen atoms in total. The van der Waals surface area contributed by atoms with Crippen LogP contribution in [0.4, 0.5) is 4.39 Å². The molecule has 0 spiro atoms. The van der Waals surface area contributed by atoms with E-state index in [9.17, 15) is 19.1 Å². The summed E-state index contributed by atoms with van der Waals surface area (Å²) in [4.78, 5) is 29.8. The summed E-state index contributed by atoms with van der Waals surface area (Å²) in [7, 11) is 0. The molecule has 0 saturated carbocycles. The molecule has 1 aliphatic heterocycles. The van der Waals surface area contributed by atoms with Crippen LogP contribution in [0.15, 0.2) is 48.8 Å². The van der Waals surface area contributed by atoms with Crippen molar-refractivity contribution in [3.05, 3.63) is 65.7 Å². The number of aliphatic carboxylic acids is 1. The van der Waals surface area contributed by atoms with Crippen molar-refractivity contribution in [3.8, 4) is 0 Å². The number of nitrogens with zero attached hydrogens (tertiary/aromatic N) is 2. The van der Waals surface area contributed by atoms with Gasteiger partial charge in [0.15, 0.2) is 0 Å². The van der Waals surface area contributed by atoms with Crippen molar-refractivity contribution >= 4 is 11.9 Å². The minimum absolute atomic E-state index is 0.0808. The van der Waals surface area contributed by atoms with Crippen LogP contribution < -0.4 is 0 Å². The number of carboxylic acids is 1. The quantitative estimate of drug-likeness (QED) is 0.907. The summed E-state index contributed by atoms with van der Waals surface area (Å²) < 4.78 is 13.4. The third-order valence-electron chi connectivity index (χ3n) is 4.58. The summed E-state index contributed by atoms with van der Waals surface area (Å²) in [5.74, 6) is -2.00. The Labute approximate surface area is 145 Å². The number of rotatable bonds is 5. The maximum atomic E-state index is 13.4. The van der Waals surface area contributed by atoms with E-state index in [1.807, 2.05) is 0 Å². The van der Waals surface area contributed by atoms with Crippen LogP contribution in [0.5, 0.6) is 0 Å². The van der Waals surface area contributed by atoms with Crippen molar-refractivity contribution in [3.63, 3.8) is 0 Å². The lowest BCUT2D eigenvalue weighted by molar-refractivity contribution is -0.152. The Hall–Kier alpha value is -2.76. The average molecular weight is 342 g/mol. The van der Waals surface area contributed by atoms with Crippen molar-refractivity contribution in [2.75, 3.05) is 6.54 Å². The molecule has 25 heavy (non-hydrogen) atoms. The summed E-state index contributed by atoms with van der Waals surface area (Å²) in [6.07, 6.45) is 4.20. The molecule has 0 bridgehead atoms. The Morgan fingerprint density at radius 3 is 2.84 bits per heavy atom. The average Bonchev–Trinajstić information content (AvgIpc) is 2.61. The van der Waals surface area contributed by atoms with Crippen LogP contribution in [0.3, 0.4) is 0 Å². The fourth-order valence-corrected chi connectivity index (χ4v) is 3.38. The summed E-state index contributed by atoms with van der Waals surface area (Å²) in [5, 5.41) is 9.59. The number of carbonyl (C=O) groups excluding carboxylic acids is 1. The molecule has 1 aromatic carbocycles. The van der Waals surface area contributed by atoms with Gasteiger partial charge in [0, 0.05) is 25.4 Å². The van der Waals surface area contributed by atoms with E-state index in [1.54, 1.807) is 41.6 Å². The third kappa shape index (κ3) is 3.84. The zero-order valence-electron chi connectivity index (χ0n) is 13.6. The number of likely N-dealkylation sites (tertiary alicyclic amines) is 1. The largest absolute Gasteiger partial charge is 0.481 e. The fourth-order valence-electron chi connectivity index (χ4n) is 3.38. The number of halogens is 1. The zero-order chi connectivity index (χ0) is 17.8. The van der Waals surface area contributed by atoms with Crippen molar-refractivity contribution in [2.24, 2.45) is 5.92 Å². The van der Waals surface area contributed by atoms with Crippen LogP contribution in [0, 0.1) is 11.7 Å². The van der Waals surface area contributed by atoms with Gasteiger partial charge in [0.2, 0.25) is 5.91 Å². The number of benzene rings is 1. The fraction of sp³-hybridized carbons (Fsp3) is 0.316. The lowest BCUT2D eigenvalue weighted by Gasteiger charge is -2.39. The number of piperidine rings is 1. The van der Waals surface area contributed by atoms with Crippen molar-refractivity contribution in [2.45, 2.75) is 25.3 Å². The van der Waals surface area contributed by atoms with E-state index in [-0.39, 0.29) is 18.1 Å². The molecule has 1 amide bonds. The smallest absolute Gasteiger partial charge is 0.308 e. The molecule has 2 atom stereocenters. The molecule has 0 unspecified atom stereocenters. The lowest BCUT2D eigenvalue weighted by Crippen LogP contribution is -2.46. The molecule has 130 valence electrons. The first-order valence-corrected chi connectivity index (χ1v) is 8.23. The molecule has 2 heterocycles. The summed E-state index contributed by atoms with van der Waals surface area (Å²) in [5.41, 5.74) is 1.48. The number of hydrogen-bond donors (Lipinski definition) is 1. The molecule has 0 radical (unpaired) electrons. The highest BCUT2D eigenvalue weighted by Gasteiger charge is 2.40. The predicted molar refractivity (Wildman–Crippen MR) is 89.2 cm³/mol. The molecule has 3 rings (SSSR count). The highest BCUT2D eigenvalue weighted by Crippen LogP contribution is 2.36. The maximum Gasteiger partial charge on any atom is 0.308 e. The van der Waals surface area contributed by atoms with E-state index in [0.717, 1.165) is 5.56 Å². The molecule has 6 heteroatoms. The molecule has 1 aliphatic rings. The van der Waals surface area contributed by atoms with Crippen molar-refractivity contribution in [1.82, 2.24) is 9.88 Å². The third-order valence-corrected chi connectivity index (χ3v) is 4.58. The normalized spacial score (nSPS) is 20.5. The standard InChI is InChI=1S/C19H19FN2O3/c20-15-5-1-3-13(11-15)8-10-22-17(23)7-6-16(19(24)25)18(22)14-4-2-9-21-12-14/h1-5,9,11-12,16,18H,6-8,10H2,(H,24,25)/t16-,18-/m1/s1. The van der Waals surface area contributed by atoms with Gasteiger partial charge in [-0.3, -0.25) is 14.6 Å². The first-order valence-electron chi connectivity index (χ1n) is 8.23. The van der Waals surface area contributed by atoms with E-state index >= 15 is 0 Å². The highest BCUT2D eigenvalue weighted by atomic mass is 19.1. The second-order valence-electron chi connectivity index (χ2n) is 6.18. The molecular formula is C19H19FN2O3. The number of amides is 1. The van der Waals surface area contributed by atoms with E-state index in [4.69, 9.17) is 0 Å².